The number of anilines is 1. The Morgan fingerprint density at radius 2 is 1.56 bits per heavy atom. The normalized spacial score (nSPS) is 10.0. The Labute approximate surface area is 157 Å². The van der Waals surface area contributed by atoms with Crippen molar-refractivity contribution in [3.05, 3.63) is 42.0 Å². The Balaban J connectivity index is 2.16. The molecule has 8 nitrogen and oxygen atoms in total. The number of primary amides is 1. The number of methoxy groups -OCH3 is 2. The van der Waals surface area contributed by atoms with E-state index in [9.17, 15) is 9.59 Å². The predicted octanol–water partition coefficient (Wildman–Crippen LogP) is 2.22. The molecule has 2 aromatic rings. The van der Waals surface area contributed by atoms with Crippen LogP contribution in [0.2, 0.25) is 0 Å². The first-order valence-electron chi connectivity index (χ1n) is 8.19. The Morgan fingerprint density at radius 3 is 2.19 bits per heavy atom. The van der Waals surface area contributed by atoms with E-state index in [1.807, 2.05) is 6.92 Å². The maximum Gasteiger partial charge on any atom is 0.255 e. The van der Waals surface area contributed by atoms with E-state index in [4.69, 9.17) is 24.7 Å². The zero-order chi connectivity index (χ0) is 19.8. The third-order valence-electron chi connectivity index (χ3n) is 3.52. The number of amides is 2. The second-order valence-electron chi connectivity index (χ2n) is 5.37. The Hall–Kier alpha value is -3.42. The molecule has 0 bridgehead atoms. The third-order valence-corrected chi connectivity index (χ3v) is 3.52. The van der Waals surface area contributed by atoms with Crippen molar-refractivity contribution < 1.29 is 28.5 Å². The standard InChI is InChI=1S/C19H22N2O6/c1-4-26-14-8-6-13(10-17(14)25-3)21-19(23)12-5-7-15(16(9-12)24-2)27-11-18(20)22/h5-10H,4,11H2,1-3H3,(H2,20,22)(H,21,23). The summed E-state index contributed by atoms with van der Waals surface area (Å²) in [5.41, 5.74) is 5.96. The van der Waals surface area contributed by atoms with Crippen molar-refractivity contribution in [3.63, 3.8) is 0 Å². The fourth-order valence-corrected chi connectivity index (χ4v) is 2.30. The lowest BCUT2D eigenvalue weighted by Gasteiger charge is -2.13. The lowest BCUT2D eigenvalue weighted by Crippen LogP contribution is -2.20. The highest BCUT2D eigenvalue weighted by Crippen LogP contribution is 2.31. The molecule has 0 aromatic heterocycles. The molecule has 0 atom stereocenters. The summed E-state index contributed by atoms with van der Waals surface area (Å²) in [6.07, 6.45) is 0. The van der Waals surface area contributed by atoms with Gasteiger partial charge in [0.25, 0.3) is 11.8 Å². The van der Waals surface area contributed by atoms with Gasteiger partial charge in [0.15, 0.2) is 29.6 Å². The van der Waals surface area contributed by atoms with E-state index in [0.29, 0.717) is 40.9 Å². The van der Waals surface area contributed by atoms with Crippen LogP contribution in [-0.4, -0.2) is 39.2 Å². The molecule has 0 saturated carbocycles. The van der Waals surface area contributed by atoms with Crippen LogP contribution in [-0.2, 0) is 4.79 Å². The minimum atomic E-state index is -0.608. The lowest BCUT2D eigenvalue weighted by molar-refractivity contribution is -0.119. The number of hydrogen-bond donors (Lipinski definition) is 2. The second-order valence-corrected chi connectivity index (χ2v) is 5.37. The van der Waals surface area contributed by atoms with Crippen molar-refractivity contribution in [2.24, 2.45) is 5.73 Å². The molecule has 0 aliphatic rings. The first kappa shape index (κ1) is 19.9. The Kier molecular flexibility index (Phi) is 6.87. The first-order valence-corrected chi connectivity index (χ1v) is 8.19. The van der Waals surface area contributed by atoms with Crippen LogP contribution in [0, 0.1) is 0 Å². The zero-order valence-corrected chi connectivity index (χ0v) is 15.4. The van der Waals surface area contributed by atoms with E-state index >= 15 is 0 Å². The smallest absolute Gasteiger partial charge is 0.255 e. The number of ether oxygens (including phenoxy) is 4. The van der Waals surface area contributed by atoms with Crippen LogP contribution in [0.1, 0.15) is 17.3 Å². The number of benzene rings is 2. The highest BCUT2D eigenvalue weighted by atomic mass is 16.5. The molecule has 0 saturated heterocycles. The summed E-state index contributed by atoms with van der Waals surface area (Å²) in [7, 11) is 2.96. The molecule has 0 aliphatic heterocycles. The van der Waals surface area contributed by atoms with Crippen LogP contribution in [0.25, 0.3) is 0 Å². The van der Waals surface area contributed by atoms with Crippen LogP contribution >= 0.6 is 0 Å². The van der Waals surface area contributed by atoms with E-state index in [-0.39, 0.29) is 12.5 Å². The second kappa shape index (κ2) is 9.33. The number of rotatable bonds is 9. The summed E-state index contributed by atoms with van der Waals surface area (Å²) in [6, 6.07) is 9.71. The number of nitrogens with two attached hydrogens (primary N) is 1. The molecule has 2 amide bonds. The van der Waals surface area contributed by atoms with Gasteiger partial charge in [-0.1, -0.05) is 0 Å². The van der Waals surface area contributed by atoms with Gasteiger partial charge >= 0.3 is 0 Å². The summed E-state index contributed by atoms with van der Waals surface area (Å²) >= 11 is 0. The maximum atomic E-state index is 12.5. The lowest BCUT2D eigenvalue weighted by atomic mass is 10.1. The topological polar surface area (TPSA) is 109 Å². The van der Waals surface area contributed by atoms with Gasteiger partial charge in [-0.25, -0.2) is 0 Å². The summed E-state index contributed by atoms with van der Waals surface area (Å²) in [6.45, 7) is 2.10. The summed E-state index contributed by atoms with van der Waals surface area (Å²) < 4.78 is 21.2. The van der Waals surface area contributed by atoms with Crippen LogP contribution < -0.4 is 30.0 Å². The fourth-order valence-electron chi connectivity index (χ4n) is 2.30. The average Bonchev–Trinajstić information content (AvgIpc) is 2.67. The summed E-state index contributed by atoms with van der Waals surface area (Å²) in [5, 5.41) is 2.78. The highest BCUT2D eigenvalue weighted by molar-refractivity contribution is 6.04. The van der Waals surface area contributed by atoms with Crippen LogP contribution in [0.5, 0.6) is 23.0 Å². The van der Waals surface area contributed by atoms with Crippen molar-refractivity contribution >= 4 is 17.5 Å². The quantitative estimate of drug-likeness (QED) is 0.697. The molecule has 3 N–H and O–H groups in total. The maximum absolute atomic E-state index is 12.5. The number of nitrogens with one attached hydrogen (secondary N) is 1. The average molecular weight is 374 g/mol. The van der Waals surface area contributed by atoms with Gasteiger partial charge in [-0.2, -0.15) is 0 Å². The van der Waals surface area contributed by atoms with Crippen LogP contribution in [0.3, 0.4) is 0 Å². The molecule has 0 heterocycles. The monoisotopic (exact) mass is 374 g/mol. The molecule has 0 spiro atoms. The molecule has 0 aliphatic carbocycles. The van der Waals surface area contributed by atoms with Crippen molar-refractivity contribution in [2.75, 3.05) is 32.8 Å². The van der Waals surface area contributed by atoms with E-state index < -0.39 is 5.91 Å². The van der Waals surface area contributed by atoms with Crippen molar-refractivity contribution in [3.8, 4) is 23.0 Å². The van der Waals surface area contributed by atoms with Gasteiger partial charge in [0.1, 0.15) is 0 Å². The SMILES string of the molecule is CCOc1ccc(NC(=O)c2ccc(OCC(N)=O)c(OC)c2)cc1OC. The van der Waals surface area contributed by atoms with Gasteiger partial charge in [-0.05, 0) is 37.3 Å². The van der Waals surface area contributed by atoms with E-state index in [1.54, 1.807) is 24.3 Å². The van der Waals surface area contributed by atoms with Crippen molar-refractivity contribution in [2.45, 2.75) is 6.92 Å². The van der Waals surface area contributed by atoms with Gasteiger partial charge < -0.3 is 30.0 Å². The molecular formula is C19H22N2O6. The third kappa shape index (κ3) is 5.27. The van der Waals surface area contributed by atoms with Crippen LogP contribution in [0.15, 0.2) is 36.4 Å². The van der Waals surface area contributed by atoms with Crippen molar-refractivity contribution in [1.82, 2.24) is 0 Å². The number of carbonyl (C=O) groups is 2. The summed E-state index contributed by atoms with van der Waals surface area (Å²) in [4.78, 5) is 23.4. The molecule has 2 rings (SSSR count). The number of hydrogen-bond acceptors (Lipinski definition) is 6. The van der Waals surface area contributed by atoms with E-state index in [2.05, 4.69) is 5.32 Å². The highest BCUT2D eigenvalue weighted by Gasteiger charge is 2.13. The Morgan fingerprint density at radius 1 is 0.926 bits per heavy atom. The molecule has 144 valence electrons. The van der Waals surface area contributed by atoms with Gasteiger partial charge in [0, 0.05) is 17.3 Å². The molecule has 0 fully saturated rings. The first-order chi connectivity index (χ1) is 13.0. The van der Waals surface area contributed by atoms with E-state index in [0.717, 1.165) is 0 Å². The minimum absolute atomic E-state index is 0.284. The zero-order valence-electron chi connectivity index (χ0n) is 15.4. The predicted molar refractivity (Wildman–Crippen MR) is 99.8 cm³/mol. The summed E-state index contributed by atoms with van der Waals surface area (Å²) in [5.74, 6) is 0.783. The number of carbonyl (C=O) groups excluding carboxylic acids is 2. The van der Waals surface area contributed by atoms with Gasteiger partial charge in [0.2, 0.25) is 0 Å². The Bertz CT molecular complexity index is 822. The molecule has 8 heteroatoms. The van der Waals surface area contributed by atoms with E-state index in [1.165, 1.54) is 26.4 Å². The van der Waals surface area contributed by atoms with Crippen LogP contribution in [0.4, 0.5) is 5.69 Å². The molecule has 2 aromatic carbocycles. The minimum Gasteiger partial charge on any atom is -0.493 e. The van der Waals surface area contributed by atoms with Gasteiger partial charge in [0.05, 0.1) is 20.8 Å². The van der Waals surface area contributed by atoms with Gasteiger partial charge in [-0.15, -0.1) is 0 Å². The molecule has 0 unspecified atom stereocenters. The molecule has 27 heavy (non-hydrogen) atoms. The van der Waals surface area contributed by atoms with Crippen molar-refractivity contribution in [1.29, 1.82) is 0 Å². The molecular weight excluding hydrogens is 352 g/mol. The molecule has 0 radical (unpaired) electrons. The largest absolute Gasteiger partial charge is 0.493 e. The van der Waals surface area contributed by atoms with Gasteiger partial charge in [-0.3, -0.25) is 9.59 Å². The fraction of sp³-hybridized carbons (Fsp3) is 0.263.